The van der Waals surface area contributed by atoms with Gasteiger partial charge in [0.2, 0.25) is 0 Å². The Kier molecular flexibility index (Phi) is 4.16. The van der Waals surface area contributed by atoms with E-state index in [4.69, 9.17) is 4.74 Å². The number of rotatable bonds is 4. The molecule has 0 aromatic heterocycles. The predicted molar refractivity (Wildman–Crippen MR) is 89.3 cm³/mol. The van der Waals surface area contributed by atoms with E-state index in [0.717, 1.165) is 24.2 Å². The second-order valence-electron chi connectivity index (χ2n) is 8.76. The molecule has 124 valence electrons. The molecule has 0 amide bonds. The zero-order chi connectivity index (χ0) is 16.1. The first-order chi connectivity index (χ1) is 10.3. The Balaban J connectivity index is 1.71. The lowest BCUT2D eigenvalue weighted by molar-refractivity contribution is -0.164. The highest BCUT2D eigenvalue weighted by Crippen LogP contribution is 2.59. The Morgan fingerprint density at radius 3 is 2.45 bits per heavy atom. The van der Waals surface area contributed by atoms with Crippen molar-refractivity contribution < 1.29 is 9.53 Å². The van der Waals surface area contributed by atoms with Gasteiger partial charge in [0.05, 0.1) is 5.41 Å². The van der Waals surface area contributed by atoms with Crippen molar-refractivity contribution in [2.75, 3.05) is 0 Å². The molecule has 0 aromatic rings. The molecule has 2 heteroatoms. The minimum absolute atomic E-state index is 0.00389. The van der Waals surface area contributed by atoms with Crippen molar-refractivity contribution in [3.8, 4) is 0 Å². The number of allylic oxidation sites excluding steroid dienone is 1. The summed E-state index contributed by atoms with van der Waals surface area (Å²) < 4.78 is 6.10. The molecule has 3 aliphatic carbocycles. The van der Waals surface area contributed by atoms with Crippen LogP contribution in [-0.4, -0.2) is 12.1 Å². The van der Waals surface area contributed by atoms with E-state index in [0.29, 0.717) is 5.92 Å². The van der Waals surface area contributed by atoms with Gasteiger partial charge in [-0.05, 0) is 76.0 Å². The number of esters is 1. The summed E-state index contributed by atoms with van der Waals surface area (Å²) in [7, 11) is 0. The summed E-state index contributed by atoms with van der Waals surface area (Å²) >= 11 is 0. The number of hydrogen-bond donors (Lipinski definition) is 0. The van der Waals surface area contributed by atoms with Gasteiger partial charge >= 0.3 is 5.97 Å². The minimum Gasteiger partial charge on any atom is -0.461 e. The van der Waals surface area contributed by atoms with Gasteiger partial charge in [-0.1, -0.05) is 31.9 Å². The fourth-order valence-electron chi connectivity index (χ4n) is 5.47. The van der Waals surface area contributed by atoms with E-state index in [1.54, 1.807) is 0 Å². The summed E-state index contributed by atoms with van der Waals surface area (Å²) in [6.07, 6.45) is 8.93. The summed E-state index contributed by atoms with van der Waals surface area (Å²) in [6, 6.07) is 0. The largest absolute Gasteiger partial charge is 0.461 e. The molecule has 3 saturated carbocycles. The van der Waals surface area contributed by atoms with Crippen molar-refractivity contribution in [2.45, 2.75) is 72.8 Å². The van der Waals surface area contributed by atoms with Gasteiger partial charge in [0, 0.05) is 0 Å². The Hall–Kier alpha value is -0.790. The summed E-state index contributed by atoms with van der Waals surface area (Å²) in [5, 5.41) is 0. The first-order valence-corrected chi connectivity index (χ1v) is 9.20. The first-order valence-electron chi connectivity index (χ1n) is 9.20. The Bertz CT molecular complexity index is 474. The Labute approximate surface area is 135 Å². The average molecular weight is 304 g/mol. The minimum atomic E-state index is -0.490. The standard InChI is InChI=1S/C20H32O2/c1-12(2)11-20(5,13(3)4)19(21)22-18-10-14-9-17(18)16-8-6-7-15(14)16/h11,13-18H,6-10H2,1-5H3. The van der Waals surface area contributed by atoms with Crippen LogP contribution in [0.4, 0.5) is 0 Å². The SMILES string of the molecule is CC(C)=CC(C)(C(=O)OC1CC2CC1C1CCCC21)C(C)C. The number of carbonyl (C=O) groups excluding carboxylic acids is 1. The normalized spacial score (nSPS) is 38.7. The Morgan fingerprint density at radius 1 is 1.14 bits per heavy atom. The van der Waals surface area contributed by atoms with Crippen molar-refractivity contribution in [3.05, 3.63) is 11.6 Å². The van der Waals surface area contributed by atoms with Gasteiger partial charge in [0.25, 0.3) is 0 Å². The number of hydrogen-bond acceptors (Lipinski definition) is 2. The summed E-state index contributed by atoms with van der Waals surface area (Å²) in [5.74, 6) is 3.55. The van der Waals surface area contributed by atoms with Gasteiger partial charge < -0.3 is 4.74 Å². The fraction of sp³-hybridized carbons (Fsp3) is 0.850. The molecule has 0 N–H and O–H groups in total. The maximum Gasteiger partial charge on any atom is 0.316 e. The molecule has 0 aromatic carbocycles. The average Bonchev–Trinajstić information content (AvgIpc) is 3.08. The van der Waals surface area contributed by atoms with Crippen LogP contribution in [0.3, 0.4) is 0 Å². The molecule has 3 aliphatic rings. The molecular formula is C20H32O2. The molecule has 0 saturated heterocycles. The second kappa shape index (κ2) is 5.69. The van der Waals surface area contributed by atoms with Crippen LogP contribution in [-0.2, 0) is 9.53 Å². The molecule has 0 radical (unpaired) electrons. The molecule has 0 spiro atoms. The zero-order valence-corrected chi connectivity index (χ0v) is 14.9. The molecular weight excluding hydrogens is 272 g/mol. The monoisotopic (exact) mass is 304 g/mol. The van der Waals surface area contributed by atoms with Crippen molar-refractivity contribution >= 4 is 5.97 Å². The van der Waals surface area contributed by atoms with E-state index in [1.165, 1.54) is 31.3 Å². The fourth-order valence-corrected chi connectivity index (χ4v) is 5.47. The van der Waals surface area contributed by atoms with Gasteiger partial charge in [-0.3, -0.25) is 4.79 Å². The van der Waals surface area contributed by atoms with Crippen molar-refractivity contribution in [1.82, 2.24) is 0 Å². The van der Waals surface area contributed by atoms with Crippen LogP contribution < -0.4 is 0 Å². The summed E-state index contributed by atoms with van der Waals surface area (Å²) in [5.41, 5.74) is 0.701. The number of fused-ring (bicyclic) bond motifs is 5. The van der Waals surface area contributed by atoms with Crippen LogP contribution in [0.2, 0.25) is 0 Å². The lowest BCUT2D eigenvalue weighted by Gasteiger charge is -2.35. The molecule has 2 nitrogen and oxygen atoms in total. The predicted octanol–water partition coefficient (Wildman–Crippen LogP) is 4.98. The van der Waals surface area contributed by atoms with Gasteiger partial charge in [-0.15, -0.1) is 0 Å². The van der Waals surface area contributed by atoms with E-state index < -0.39 is 5.41 Å². The molecule has 2 bridgehead atoms. The van der Waals surface area contributed by atoms with E-state index in [2.05, 4.69) is 33.8 Å². The molecule has 3 rings (SSSR count). The van der Waals surface area contributed by atoms with E-state index >= 15 is 0 Å². The van der Waals surface area contributed by atoms with Crippen LogP contribution in [0.1, 0.15) is 66.7 Å². The van der Waals surface area contributed by atoms with E-state index in [-0.39, 0.29) is 18.0 Å². The smallest absolute Gasteiger partial charge is 0.316 e. The molecule has 0 heterocycles. The number of ether oxygens (including phenoxy) is 1. The third-order valence-electron chi connectivity index (χ3n) is 6.85. The number of carbonyl (C=O) groups is 1. The third kappa shape index (κ3) is 2.53. The maximum atomic E-state index is 12.9. The molecule has 6 unspecified atom stereocenters. The quantitative estimate of drug-likeness (QED) is 0.540. The molecule has 22 heavy (non-hydrogen) atoms. The van der Waals surface area contributed by atoms with Crippen molar-refractivity contribution in [1.29, 1.82) is 0 Å². The van der Waals surface area contributed by atoms with Crippen molar-refractivity contribution in [3.63, 3.8) is 0 Å². The lowest BCUT2D eigenvalue weighted by Crippen LogP contribution is -2.39. The highest BCUT2D eigenvalue weighted by molar-refractivity contribution is 5.79. The van der Waals surface area contributed by atoms with Crippen LogP contribution in [0.25, 0.3) is 0 Å². The summed E-state index contributed by atoms with van der Waals surface area (Å²) in [6.45, 7) is 10.4. The highest BCUT2D eigenvalue weighted by Gasteiger charge is 2.55. The van der Waals surface area contributed by atoms with Gasteiger partial charge in [0.15, 0.2) is 0 Å². The summed E-state index contributed by atoms with van der Waals surface area (Å²) in [4.78, 5) is 12.9. The van der Waals surface area contributed by atoms with E-state index in [1.807, 2.05) is 6.92 Å². The van der Waals surface area contributed by atoms with Crippen LogP contribution in [0, 0.1) is 35.0 Å². The molecule has 3 fully saturated rings. The van der Waals surface area contributed by atoms with Crippen molar-refractivity contribution in [2.24, 2.45) is 35.0 Å². The second-order valence-corrected chi connectivity index (χ2v) is 8.76. The first kappa shape index (κ1) is 16.1. The molecule has 0 aliphatic heterocycles. The molecule has 6 atom stereocenters. The lowest BCUT2D eigenvalue weighted by atomic mass is 9.77. The highest BCUT2D eigenvalue weighted by atomic mass is 16.5. The Morgan fingerprint density at radius 2 is 1.82 bits per heavy atom. The zero-order valence-electron chi connectivity index (χ0n) is 14.9. The van der Waals surface area contributed by atoms with Crippen LogP contribution in [0.5, 0.6) is 0 Å². The van der Waals surface area contributed by atoms with Crippen LogP contribution >= 0.6 is 0 Å². The van der Waals surface area contributed by atoms with Gasteiger partial charge in [-0.25, -0.2) is 0 Å². The van der Waals surface area contributed by atoms with Gasteiger partial charge in [0.1, 0.15) is 6.10 Å². The maximum absolute atomic E-state index is 12.9. The van der Waals surface area contributed by atoms with E-state index in [9.17, 15) is 4.79 Å². The topological polar surface area (TPSA) is 26.3 Å². The third-order valence-corrected chi connectivity index (χ3v) is 6.85. The van der Waals surface area contributed by atoms with Gasteiger partial charge in [-0.2, -0.15) is 0 Å². The van der Waals surface area contributed by atoms with Crippen LogP contribution in [0.15, 0.2) is 11.6 Å².